The number of rotatable bonds is 5. The van der Waals surface area contributed by atoms with Gasteiger partial charge in [-0.05, 0) is 58.2 Å². The average Bonchev–Trinajstić information content (AvgIpc) is 2.47. The Bertz CT molecular complexity index is 416. The van der Waals surface area contributed by atoms with E-state index in [2.05, 4.69) is 62.2 Å². The van der Waals surface area contributed by atoms with E-state index in [4.69, 9.17) is 0 Å². The number of aryl methyl sites for hydroxylation is 1. The molecule has 1 aromatic carbocycles. The fourth-order valence-electron chi connectivity index (χ4n) is 3.35. The number of benzene rings is 1. The van der Waals surface area contributed by atoms with Crippen molar-refractivity contribution < 1.29 is 0 Å². The van der Waals surface area contributed by atoms with E-state index in [9.17, 15) is 0 Å². The monoisotopic (exact) mass is 274 g/mol. The number of hydrogen-bond donors (Lipinski definition) is 1. The summed E-state index contributed by atoms with van der Waals surface area (Å²) in [7, 11) is 0. The summed E-state index contributed by atoms with van der Waals surface area (Å²) in [4.78, 5) is 2.59. The van der Waals surface area contributed by atoms with Gasteiger partial charge < -0.3 is 10.2 Å². The van der Waals surface area contributed by atoms with Gasteiger partial charge in [0, 0.05) is 18.6 Å². The lowest BCUT2D eigenvalue weighted by atomic mass is 9.90. The molecule has 1 aliphatic rings. The summed E-state index contributed by atoms with van der Waals surface area (Å²) in [6, 6.07) is 9.87. The van der Waals surface area contributed by atoms with E-state index in [-0.39, 0.29) is 0 Å². The zero-order valence-electron chi connectivity index (χ0n) is 13.5. The molecule has 3 atom stereocenters. The molecule has 1 aromatic rings. The normalized spacial score (nSPS) is 23.5. The van der Waals surface area contributed by atoms with Crippen LogP contribution in [0.1, 0.15) is 50.8 Å². The van der Waals surface area contributed by atoms with Crippen molar-refractivity contribution in [1.82, 2.24) is 10.2 Å². The van der Waals surface area contributed by atoms with Crippen LogP contribution in [0.4, 0.5) is 0 Å². The molecule has 0 bridgehead atoms. The fourth-order valence-corrected chi connectivity index (χ4v) is 3.35. The standard InChI is InChI=1S/C18H30N2/c1-5-20-11-7-10-18(13-20)16(4)19-15(3)17-9-6-8-14(2)12-17/h6,8-9,12,15-16,18-19H,5,7,10-11,13H2,1-4H3/t15-,16?,18?/m1/s1. The molecule has 2 nitrogen and oxygen atoms in total. The molecule has 2 rings (SSSR count). The molecule has 1 aliphatic heterocycles. The maximum Gasteiger partial charge on any atom is 0.0294 e. The number of nitrogens with zero attached hydrogens (tertiary/aromatic N) is 1. The number of likely N-dealkylation sites (tertiary alicyclic amines) is 1. The predicted octanol–water partition coefficient (Wildman–Crippen LogP) is 3.77. The Hall–Kier alpha value is -0.860. The molecule has 0 aliphatic carbocycles. The minimum atomic E-state index is 0.432. The van der Waals surface area contributed by atoms with E-state index in [0.717, 1.165) is 5.92 Å². The molecule has 112 valence electrons. The lowest BCUT2D eigenvalue weighted by Gasteiger charge is -2.36. The molecule has 20 heavy (non-hydrogen) atoms. The molecule has 0 aromatic heterocycles. The Morgan fingerprint density at radius 1 is 1.35 bits per heavy atom. The lowest BCUT2D eigenvalue weighted by molar-refractivity contribution is 0.153. The first-order valence-electron chi connectivity index (χ1n) is 8.15. The Kier molecular flexibility index (Phi) is 5.62. The molecule has 0 amide bonds. The zero-order chi connectivity index (χ0) is 14.5. The van der Waals surface area contributed by atoms with Gasteiger partial charge >= 0.3 is 0 Å². The van der Waals surface area contributed by atoms with Gasteiger partial charge in [0.15, 0.2) is 0 Å². The van der Waals surface area contributed by atoms with Crippen molar-refractivity contribution >= 4 is 0 Å². The van der Waals surface area contributed by atoms with Crippen LogP contribution in [0.2, 0.25) is 0 Å². The van der Waals surface area contributed by atoms with E-state index >= 15 is 0 Å². The topological polar surface area (TPSA) is 15.3 Å². The van der Waals surface area contributed by atoms with Gasteiger partial charge in [-0.3, -0.25) is 0 Å². The maximum atomic E-state index is 3.81. The van der Waals surface area contributed by atoms with Crippen molar-refractivity contribution in [3.8, 4) is 0 Å². The highest BCUT2D eigenvalue weighted by Crippen LogP contribution is 2.22. The second kappa shape index (κ2) is 7.24. The molecule has 1 N–H and O–H groups in total. The van der Waals surface area contributed by atoms with E-state index < -0.39 is 0 Å². The van der Waals surface area contributed by atoms with E-state index in [0.29, 0.717) is 12.1 Å². The van der Waals surface area contributed by atoms with Crippen molar-refractivity contribution in [3.63, 3.8) is 0 Å². The summed E-state index contributed by atoms with van der Waals surface area (Å²) in [5, 5.41) is 3.81. The quantitative estimate of drug-likeness (QED) is 0.879. The summed E-state index contributed by atoms with van der Waals surface area (Å²) in [6.07, 6.45) is 2.72. The van der Waals surface area contributed by atoms with Crippen LogP contribution in [0.15, 0.2) is 24.3 Å². The van der Waals surface area contributed by atoms with Gasteiger partial charge in [-0.25, -0.2) is 0 Å². The van der Waals surface area contributed by atoms with Gasteiger partial charge in [0.05, 0.1) is 0 Å². The van der Waals surface area contributed by atoms with Gasteiger partial charge in [-0.1, -0.05) is 36.8 Å². The van der Waals surface area contributed by atoms with E-state index in [1.54, 1.807) is 0 Å². The molecular formula is C18H30N2. The van der Waals surface area contributed by atoms with Crippen LogP contribution in [-0.2, 0) is 0 Å². The van der Waals surface area contributed by atoms with Crippen LogP contribution in [0.25, 0.3) is 0 Å². The summed E-state index contributed by atoms with van der Waals surface area (Å²) in [5.74, 6) is 0.788. The molecule has 0 spiro atoms. The van der Waals surface area contributed by atoms with Gasteiger partial charge in [-0.2, -0.15) is 0 Å². The predicted molar refractivity (Wildman–Crippen MR) is 87.0 cm³/mol. The third-order valence-electron chi connectivity index (χ3n) is 4.75. The molecule has 1 heterocycles. The molecular weight excluding hydrogens is 244 g/mol. The van der Waals surface area contributed by atoms with Crippen molar-refractivity contribution in [2.45, 2.75) is 52.6 Å². The Labute approximate surface area is 124 Å². The minimum Gasteiger partial charge on any atom is -0.307 e. The van der Waals surface area contributed by atoms with Crippen LogP contribution >= 0.6 is 0 Å². The average molecular weight is 274 g/mol. The van der Waals surface area contributed by atoms with Crippen molar-refractivity contribution in [2.75, 3.05) is 19.6 Å². The molecule has 2 unspecified atom stereocenters. The molecule has 0 radical (unpaired) electrons. The van der Waals surface area contributed by atoms with Crippen LogP contribution in [0.5, 0.6) is 0 Å². The third-order valence-corrected chi connectivity index (χ3v) is 4.75. The lowest BCUT2D eigenvalue weighted by Crippen LogP contribution is -2.44. The second-order valence-corrected chi connectivity index (χ2v) is 6.39. The number of piperidine rings is 1. The van der Waals surface area contributed by atoms with Crippen molar-refractivity contribution in [3.05, 3.63) is 35.4 Å². The maximum absolute atomic E-state index is 3.81. The summed E-state index contributed by atoms with van der Waals surface area (Å²) < 4.78 is 0. The SMILES string of the molecule is CCN1CCCC(C(C)N[C@H](C)c2cccc(C)c2)C1. The molecule has 2 heteroatoms. The van der Waals surface area contributed by atoms with Crippen LogP contribution in [0.3, 0.4) is 0 Å². The Balaban J connectivity index is 1.91. The van der Waals surface area contributed by atoms with E-state index in [1.807, 2.05) is 0 Å². The van der Waals surface area contributed by atoms with Crippen LogP contribution in [0, 0.1) is 12.8 Å². The number of hydrogen-bond acceptors (Lipinski definition) is 2. The number of nitrogens with one attached hydrogen (secondary N) is 1. The zero-order valence-corrected chi connectivity index (χ0v) is 13.5. The van der Waals surface area contributed by atoms with Crippen molar-refractivity contribution in [2.24, 2.45) is 5.92 Å². The van der Waals surface area contributed by atoms with Gasteiger partial charge in [0.1, 0.15) is 0 Å². The highest BCUT2D eigenvalue weighted by Gasteiger charge is 2.24. The van der Waals surface area contributed by atoms with Crippen LogP contribution < -0.4 is 5.32 Å². The second-order valence-electron chi connectivity index (χ2n) is 6.39. The molecule has 1 fully saturated rings. The first-order valence-corrected chi connectivity index (χ1v) is 8.15. The fraction of sp³-hybridized carbons (Fsp3) is 0.667. The van der Waals surface area contributed by atoms with Crippen LogP contribution in [-0.4, -0.2) is 30.6 Å². The largest absolute Gasteiger partial charge is 0.307 e. The smallest absolute Gasteiger partial charge is 0.0294 e. The van der Waals surface area contributed by atoms with Gasteiger partial charge in [-0.15, -0.1) is 0 Å². The summed E-state index contributed by atoms with van der Waals surface area (Å²) in [5.41, 5.74) is 2.75. The van der Waals surface area contributed by atoms with Gasteiger partial charge in [0.25, 0.3) is 0 Å². The molecule has 0 saturated carbocycles. The summed E-state index contributed by atoms with van der Waals surface area (Å²) >= 11 is 0. The van der Waals surface area contributed by atoms with Crippen molar-refractivity contribution in [1.29, 1.82) is 0 Å². The third kappa shape index (κ3) is 4.07. The highest BCUT2D eigenvalue weighted by atomic mass is 15.1. The van der Waals surface area contributed by atoms with Gasteiger partial charge in [0.2, 0.25) is 0 Å². The first kappa shape index (κ1) is 15.5. The Morgan fingerprint density at radius 3 is 2.85 bits per heavy atom. The van der Waals surface area contributed by atoms with E-state index in [1.165, 1.54) is 43.6 Å². The Morgan fingerprint density at radius 2 is 2.15 bits per heavy atom. The molecule has 1 saturated heterocycles. The minimum absolute atomic E-state index is 0.432. The summed E-state index contributed by atoms with van der Waals surface area (Å²) in [6.45, 7) is 12.8. The first-order chi connectivity index (χ1) is 9.60. The highest BCUT2D eigenvalue weighted by molar-refractivity contribution is 5.24.